The van der Waals surface area contributed by atoms with Crippen LogP contribution in [0.15, 0.2) is 78.9 Å². The van der Waals surface area contributed by atoms with Crippen LogP contribution in [0.5, 0.6) is 0 Å². The van der Waals surface area contributed by atoms with Crippen LogP contribution in [-0.4, -0.2) is 27.2 Å². The minimum atomic E-state index is -0.499. The fourth-order valence-corrected chi connectivity index (χ4v) is 6.69. The van der Waals surface area contributed by atoms with E-state index in [1.165, 1.54) is 21.9 Å². The van der Waals surface area contributed by atoms with E-state index in [4.69, 9.17) is 10.7 Å². The van der Waals surface area contributed by atoms with E-state index in [1.807, 2.05) is 6.92 Å². The number of carbonyl (C=O) groups excluding carboxylic acids is 1. The first-order valence-corrected chi connectivity index (χ1v) is 14.6. The molecule has 213 valence electrons. The smallest absolute Gasteiger partial charge is 0.228 e. The Bertz CT molecular complexity index is 1690. The summed E-state index contributed by atoms with van der Waals surface area (Å²) < 4.78 is 2.30. The van der Waals surface area contributed by atoms with Crippen molar-refractivity contribution >= 4 is 33.5 Å². The van der Waals surface area contributed by atoms with Gasteiger partial charge in [0.15, 0.2) is 0 Å². The van der Waals surface area contributed by atoms with E-state index >= 15 is 0 Å². The van der Waals surface area contributed by atoms with Gasteiger partial charge in [-0.05, 0) is 67.0 Å². The summed E-state index contributed by atoms with van der Waals surface area (Å²) in [5, 5.41) is 15.6. The average molecular weight is 773 g/mol. The Labute approximate surface area is 283 Å². The molecule has 6 rings (SSSR count). The molecule has 1 saturated carbocycles. The summed E-state index contributed by atoms with van der Waals surface area (Å²) in [4.78, 5) is 18.7. The second-order valence-electron chi connectivity index (χ2n) is 11.5. The molecule has 6 nitrogen and oxygen atoms in total. The number of rotatable bonds is 8. The molecule has 2 unspecified atom stereocenters. The third-order valence-electron chi connectivity index (χ3n) is 8.69. The van der Waals surface area contributed by atoms with Gasteiger partial charge in [0.05, 0.1) is 24.1 Å². The molecule has 7 heteroatoms. The Hall–Kier alpha value is -2.72. The van der Waals surface area contributed by atoms with Crippen LogP contribution in [-0.2, 0) is 11.3 Å². The van der Waals surface area contributed by atoms with E-state index in [0.29, 0.717) is 12.2 Å². The summed E-state index contributed by atoms with van der Waals surface area (Å²) in [6, 6.07) is 25.6. The predicted molar refractivity (Wildman–Crippen MR) is 165 cm³/mol. The molecule has 42 heavy (non-hydrogen) atoms. The third-order valence-corrected chi connectivity index (χ3v) is 8.69. The largest absolute Gasteiger partial charge is 0.699 e. The topological polar surface area (TPSA) is 91.0 Å². The molecule has 1 amide bonds. The van der Waals surface area contributed by atoms with Crippen molar-refractivity contribution in [1.29, 1.82) is 0 Å². The number of para-hydroxylation sites is 1. The van der Waals surface area contributed by atoms with E-state index in [0.717, 1.165) is 53.7 Å². The standard InChI is InChI=1S/C35H37N4O2.Ac/c1-22-19-23(2)37-34-32(22)29-9-5-6-10-31(29)39(34)20-24-11-13-27(14-12-24)33(26-7-3-4-8-26)35(41)38-30(21-40)25-15-17-28(36)18-16-25;/h5-6,9-19,26,30,33,36,40H,3-4,7-8,20-21H2,1-2H3,(H,38,41);/q-1;. The molecule has 1 aliphatic rings. The Morgan fingerprint density at radius 3 is 2.36 bits per heavy atom. The number of amides is 1. The van der Waals surface area contributed by atoms with Crippen molar-refractivity contribution in [3.63, 3.8) is 0 Å². The van der Waals surface area contributed by atoms with Crippen LogP contribution in [0.2, 0.25) is 0 Å². The molecule has 3 N–H and O–H groups in total. The van der Waals surface area contributed by atoms with Gasteiger partial charge in [-0.1, -0.05) is 79.6 Å². The van der Waals surface area contributed by atoms with Crippen LogP contribution in [0.3, 0.4) is 0 Å². The Morgan fingerprint density at radius 2 is 1.67 bits per heavy atom. The van der Waals surface area contributed by atoms with Gasteiger partial charge in [-0.3, -0.25) is 4.79 Å². The number of aliphatic hydroxyl groups excluding tert-OH is 1. The zero-order valence-electron chi connectivity index (χ0n) is 24.3. The van der Waals surface area contributed by atoms with Crippen molar-refractivity contribution in [2.75, 3.05) is 6.61 Å². The molecule has 2 aromatic heterocycles. The van der Waals surface area contributed by atoms with Gasteiger partial charge in [-0.2, -0.15) is 0 Å². The van der Waals surface area contributed by atoms with Gasteiger partial charge in [0.2, 0.25) is 5.91 Å². The minimum absolute atomic E-state index is 0. The number of aliphatic hydroxyl groups is 1. The van der Waals surface area contributed by atoms with Crippen molar-refractivity contribution in [2.24, 2.45) is 5.92 Å². The molecule has 1 radical (unpaired) electrons. The van der Waals surface area contributed by atoms with Crippen molar-refractivity contribution < 1.29 is 54.0 Å². The normalized spacial score (nSPS) is 15.0. The van der Waals surface area contributed by atoms with Crippen LogP contribution < -0.4 is 5.32 Å². The molecule has 0 bridgehead atoms. The molecular formula is C35H37AcN4O2-. The van der Waals surface area contributed by atoms with E-state index < -0.39 is 6.04 Å². The second-order valence-corrected chi connectivity index (χ2v) is 11.5. The Kier molecular flexibility index (Phi) is 9.72. The van der Waals surface area contributed by atoms with Crippen LogP contribution in [0.4, 0.5) is 5.69 Å². The maximum Gasteiger partial charge on any atom is 0.228 e. The number of aromatic nitrogens is 2. The zero-order chi connectivity index (χ0) is 28.5. The van der Waals surface area contributed by atoms with Crippen molar-refractivity contribution in [1.82, 2.24) is 14.9 Å². The van der Waals surface area contributed by atoms with Crippen molar-refractivity contribution in [3.05, 3.63) is 113 Å². The zero-order valence-corrected chi connectivity index (χ0v) is 29.1. The van der Waals surface area contributed by atoms with Gasteiger partial charge in [-0.25, -0.2) is 4.98 Å². The summed E-state index contributed by atoms with van der Waals surface area (Å²) in [6.07, 6.45) is 4.34. The molecule has 0 spiro atoms. The van der Waals surface area contributed by atoms with Crippen LogP contribution in [0, 0.1) is 63.8 Å². The van der Waals surface area contributed by atoms with E-state index in [-0.39, 0.29) is 68.4 Å². The van der Waals surface area contributed by atoms with Gasteiger partial charge >= 0.3 is 0 Å². The van der Waals surface area contributed by atoms with Gasteiger partial charge in [0, 0.05) is 67.1 Å². The van der Waals surface area contributed by atoms with Gasteiger partial charge in [0.25, 0.3) is 0 Å². The van der Waals surface area contributed by atoms with Crippen LogP contribution >= 0.6 is 0 Å². The second kappa shape index (κ2) is 13.3. The minimum Gasteiger partial charge on any atom is -0.699 e. The molecule has 5 aromatic rings. The quantitative estimate of drug-likeness (QED) is 0.170. The number of carbonyl (C=O) groups is 1. The number of nitrogens with zero attached hydrogens (tertiary/aromatic N) is 2. The van der Waals surface area contributed by atoms with Crippen molar-refractivity contribution in [2.45, 2.75) is 58.0 Å². The van der Waals surface area contributed by atoms with Gasteiger partial charge in [-0.15, -0.1) is 5.69 Å². The number of pyridine rings is 1. The summed E-state index contributed by atoms with van der Waals surface area (Å²) in [6.45, 7) is 4.70. The summed E-state index contributed by atoms with van der Waals surface area (Å²) in [7, 11) is 0. The van der Waals surface area contributed by atoms with Gasteiger partial charge in [0.1, 0.15) is 5.65 Å². The average Bonchev–Trinajstić information content (AvgIpc) is 3.60. The molecule has 0 saturated heterocycles. The van der Waals surface area contributed by atoms with Gasteiger partial charge < -0.3 is 20.7 Å². The fourth-order valence-electron chi connectivity index (χ4n) is 6.69. The molecule has 3 aromatic carbocycles. The summed E-state index contributed by atoms with van der Waals surface area (Å²) >= 11 is 0. The number of hydrogen-bond acceptors (Lipinski definition) is 3. The SMILES string of the molecule is Cc1cc(C)c2c3ccccc3n(Cc3ccc(C(C(=O)NC(CO)c4ccc([NH-])cc4)C4CCCC4)cc3)c2n1.[Ac]. The molecule has 2 heterocycles. The maximum absolute atomic E-state index is 13.8. The molecule has 1 aliphatic carbocycles. The van der Waals surface area contributed by atoms with Crippen LogP contribution in [0.25, 0.3) is 27.7 Å². The van der Waals surface area contributed by atoms with Crippen molar-refractivity contribution in [3.8, 4) is 0 Å². The first-order valence-electron chi connectivity index (χ1n) is 14.6. The van der Waals surface area contributed by atoms with E-state index in [9.17, 15) is 9.90 Å². The summed E-state index contributed by atoms with van der Waals surface area (Å²) in [5.41, 5.74) is 15.6. The molecule has 0 aliphatic heterocycles. The Balaban J connectivity index is 0.00000353. The predicted octanol–water partition coefficient (Wildman–Crippen LogP) is 7.66. The molecular weight excluding hydrogens is 735 g/mol. The fraction of sp³-hybridized carbons (Fsp3) is 0.314. The molecule has 2 atom stereocenters. The van der Waals surface area contributed by atoms with Crippen LogP contribution in [0.1, 0.15) is 65.6 Å². The van der Waals surface area contributed by atoms with E-state index in [1.54, 1.807) is 24.3 Å². The monoisotopic (exact) mass is 772 g/mol. The summed E-state index contributed by atoms with van der Waals surface area (Å²) in [5.74, 6) is -0.0317. The number of aryl methyl sites for hydroxylation is 2. The number of fused-ring (bicyclic) bond motifs is 3. The number of hydrogen-bond donors (Lipinski definition) is 2. The van der Waals surface area contributed by atoms with E-state index in [2.05, 4.69) is 71.4 Å². The Morgan fingerprint density at radius 1 is 1.00 bits per heavy atom. The maximum atomic E-state index is 13.8. The number of nitrogens with one attached hydrogen (secondary N) is 2. The first kappa shape index (κ1) is 30.7. The first-order chi connectivity index (χ1) is 19.9. The third kappa shape index (κ3) is 6.16. The molecule has 1 fully saturated rings. The number of benzene rings is 3.